The molecule has 0 N–H and O–H groups in total. The van der Waals surface area contributed by atoms with Crippen LogP contribution in [0.15, 0.2) is 261 Å². The largest absolute Gasteiger partial charge is 0.309 e. The monoisotopic (exact) mass is 925 g/mol. The van der Waals surface area contributed by atoms with Crippen molar-refractivity contribution in [3.05, 3.63) is 316 Å². The van der Waals surface area contributed by atoms with E-state index in [0.29, 0.717) is 0 Å². The molecule has 1 aliphatic heterocycles. The van der Waals surface area contributed by atoms with Crippen LogP contribution in [0.1, 0.15) is 67.5 Å². The topological polar surface area (TPSA) is 3.24 Å². The van der Waals surface area contributed by atoms with E-state index in [1.54, 1.807) is 0 Å². The molecule has 0 saturated heterocycles. The number of nitrogens with zero attached hydrogens (tertiary/aromatic N) is 1. The molecule has 1 heterocycles. The number of benzene rings is 12. The van der Waals surface area contributed by atoms with E-state index >= 15 is 0 Å². The fraction of sp³-hybridized carbons (Fsp3) is 0.0556. The Bertz CT molecular complexity index is 4210. The quantitative estimate of drug-likeness (QED) is 0.161. The molecular formula is C72H47N. The van der Waals surface area contributed by atoms with E-state index in [2.05, 4.69) is 266 Å². The SMILES string of the molecule is c1ccc(C2c3ccccc3-c3cc(C[C@@H](c4ccccc4)c4ccc5c(c4)C4(c6ccccc6-c6ccccc64)c4cc(N6c7cc8ccccc8cc7-c7cccc8cccc6c78)ccc4-5)ccc32)cc1. The Labute approximate surface area is 426 Å². The van der Waals surface area contributed by atoms with Gasteiger partial charge in [-0.1, -0.05) is 231 Å². The molecule has 0 bridgehead atoms. The first-order valence-corrected chi connectivity index (χ1v) is 25.9. The van der Waals surface area contributed by atoms with Crippen LogP contribution < -0.4 is 4.90 Å². The van der Waals surface area contributed by atoms with Gasteiger partial charge < -0.3 is 4.90 Å². The summed E-state index contributed by atoms with van der Waals surface area (Å²) in [5, 5.41) is 5.04. The molecule has 1 heteroatoms. The van der Waals surface area contributed by atoms with Gasteiger partial charge in [0.25, 0.3) is 0 Å². The fourth-order valence-corrected chi connectivity index (χ4v) is 14.0. The lowest BCUT2D eigenvalue weighted by Crippen LogP contribution is -2.26. The van der Waals surface area contributed by atoms with Crippen molar-refractivity contribution in [2.24, 2.45) is 0 Å². The van der Waals surface area contributed by atoms with Crippen molar-refractivity contribution in [3.8, 4) is 44.5 Å². The second-order valence-corrected chi connectivity index (χ2v) is 20.6. The fourth-order valence-electron chi connectivity index (χ4n) is 14.0. The maximum atomic E-state index is 2.61. The minimum absolute atomic E-state index is 0.120. The highest BCUT2D eigenvalue weighted by molar-refractivity contribution is 6.16. The van der Waals surface area contributed by atoms with E-state index in [0.717, 1.165) is 6.42 Å². The van der Waals surface area contributed by atoms with Crippen LogP contribution in [-0.2, 0) is 11.8 Å². The molecule has 0 saturated carbocycles. The van der Waals surface area contributed by atoms with Crippen LogP contribution in [-0.4, -0.2) is 0 Å². The molecule has 1 unspecified atom stereocenters. The van der Waals surface area contributed by atoms with E-state index < -0.39 is 5.41 Å². The summed E-state index contributed by atoms with van der Waals surface area (Å²) in [6.45, 7) is 0. The minimum Gasteiger partial charge on any atom is -0.309 e. The number of hydrogen-bond acceptors (Lipinski definition) is 1. The lowest BCUT2D eigenvalue weighted by molar-refractivity contribution is 0.773. The molecule has 12 aromatic carbocycles. The van der Waals surface area contributed by atoms with Gasteiger partial charge in [0.1, 0.15) is 0 Å². The molecule has 0 aromatic heterocycles. The Morgan fingerprint density at radius 3 is 1.71 bits per heavy atom. The van der Waals surface area contributed by atoms with Gasteiger partial charge in [0.2, 0.25) is 0 Å². The van der Waals surface area contributed by atoms with Gasteiger partial charge in [-0.15, -0.1) is 0 Å². The minimum atomic E-state index is -0.541. The summed E-state index contributed by atoms with van der Waals surface area (Å²) in [7, 11) is 0. The molecule has 73 heavy (non-hydrogen) atoms. The zero-order chi connectivity index (χ0) is 47.8. The third-order valence-corrected chi connectivity index (χ3v) is 17.0. The molecular weight excluding hydrogens is 879 g/mol. The summed E-state index contributed by atoms with van der Waals surface area (Å²) in [6, 6.07) is 99.2. The van der Waals surface area contributed by atoms with Crippen molar-refractivity contribution in [3.63, 3.8) is 0 Å². The van der Waals surface area contributed by atoms with Gasteiger partial charge in [-0.05, 0) is 147 Å². The lowest BCUT2D eigenvalue weighted by atomic mass is 9.69. The highest BCUT2D eigenvalue weighted by Gasteiger charge is 2.52. The number of anilines is 3. The van der Waals surface area contributed by atoms with Crippen molar-refractivity contribution in [1.82, 2.24) is 0 Å². The first-order chi connectivity index (χ1) is 36.2. The predicted molar refractivity (Wildman–Crippen MR) is 303 cm³/mol. The van der Waals surface area contributed by atoms with Crippen molar-refractivity contribution in [2.45, 2.75) is 23.7 Å². The summed E-state index contributed by atoms with van der Waals surface area (Å²) in [6.07, 6.45) is 0.877. The highest BCUT2D eigenvalue weighted by Crippen LogP contribution is 2.64. The van der Waals surface area contributed by atoms with Gasteiger partial charge >= 0.3 is 0 Å². The van der Waals surface area contributed by atoms with Crippen LogP contribution in [0.2, 0.25) is 0 Å². The number of fused-ring (bicyclic) bond motifs is 16. The van der Waals surface area contributed by atoms with Gasteiger partial charge in [-0.2, -0.15) is 0 Å². The Kier molecular flexibility index (Phi) is 8.62. The first-order valence-electron chi connectivity index (χ1n) is 25.9. The highest BCUT2D eigenvalue weighted by atomic mass is 15.2. The zero-order valence-corrected chi connectivity index (χ0v) is 40.1. The number of rotatable bonds is 6. The van der Waals surface area contributed by atoms with Gasteiger partial charge in [0.05, 0.1) is 16.8 Å². The van der Waals surface area contributed by atoms with E-state index in [-0.39, 0.29) is 11.8 Å². The molecule has 16 rings (SSSR count). The smallest absolute Gasteiger partial charge is 0.0726 e. The van der Waals surface area contributed by atoms with Crippen molar-refractivity contribution < 1.29 is 0 Å². The number of hydrogen-bond donors (Lipinski definition) is 0. The predicted octanol–water partition coefficient (Wildman–Crippen LogP) is 18.3. The zero-order valence-electron chi connectivity index (χ0n) is 40.1. The third kappa shape index (κ3) is 5.74. The maximum Gasteiger partial charge on any atom is 0.0726 e. The summed E-state index contributed by atoms with van der Waals surface area (Å²) < 4.78 is 0. The van der Waals surface area contributed by atoms with E-state index in [1.807, 2.05) is 0 Å². The summed E-state index contributed by atoms with van der Waals surface area (Å²) in [5.41, 5.74) is 27.1. The average Bonchev–Trinajstić information content (AvgIpc) is 4.06. The van der Waals surface area contributed by atoms with Crippen LogP contribution >= 0.6 is 0 Å². The summed E-state index contributed by atoms with van der Waals surface area (Å²) >= 11 is 0. The van der Waals surface area contributed by atoms with Crippen molar-refractivity contribution >= 4 is 38.6 Å². The molecule has 340 valence electrons. The molecule has 12 aromatic rings. The van der Waals surface area contributed by atoms with Crippen molar-refractivity contribution in [2.75, 3.05) is 4.90 Å². The third-order valence-electron chi connectivity index (χ3n) is 17.0. The lowest BCUT2D eigenvalue weighted by Gasteiger charge is -2.35. The summed E-state index contributed by atoms with van der Waals surface area (Å²) in [5.74, 6) is 0.349. The van der Waals surface area contributed by atoms with Gasteiger partial charge in [0, 0.05) is 28.5 Å². The van der Waals surface area contributed by atoms with Crippen LogP contribution in [0, 0.1) is 0 Å². The van der Waals surface area contributed by atoms with E-state index in [1.165, 1.54) is 139 Å². The van der Waals surface area contributed by atoms with Crippen molar-refractivity contribution in [1.29, 1.82) is 0 Å². The first kappa shape index (κ1) is 40.7. The summed E-state index contributed by atoms with van der Waals surface area (Å²) in [4.78, 5) is 2.55. The normalized spacial score (nSPS) is 15.1. The van der Waals surface area contributed by atoms with Crippen LogP contribution in [0.5, 0.6) is 0 Å². The molecule has 3 aliphatic carbocycles. The van der Waals surface area contributed by atoms with Crippen LogP contribution in [0.25, 0.3) is 66.1 Å². The van der Waals surface area contributed by atoms with E-state index in [4.69, 9.17) is 0 Å². The van der Waals surface area contributed by atoms with Gasteiger partial charge in [-0.3, -0.25) is 0 Å². The molecule has 4 aliphatic rings. The molecule has 1 spiro atoms. The maximum absolute atomic E-state index is 2.61. The van der Waals surface area contributed by atoms with Gasteiger partial charge in [-0.25, -0.2) is 0 Å². The standard InChI is InChI=1S/C72H47N/c1-3-17-46(18-4-1)61(39-45-33-36-60-62(40-45)53-25-9-10-28-58(53)70(60)47-19-5-2-6-20-47)51-34-37-56-57-38-35-52(44-67(57)72(66(56)42-51)64-30-13-11-26-54(64)55-27-12-14-31-65(55)72)73-68-32-16-24-48-23-15-29-59(71(48)68)63-41-49-21-7-8-22-50(49)43-69(63)73/h1-38,40-44,61,70H,39H2/t61-,70?/m0/s1. The van der Waals surface area contributed by atoms with Gasteiger partial charge in [0.15, 0.2) is 0 Å². The molecule has 0 fully saturated rings. The van der Waals surface area contributed by atoms with E-state index in [9.17, 15) is 0 Å². The Balaban J connectivity index is 0.892. The molecule has 0 radical (unpaired) electrons. The Morgan fingerprint density at radius 1 is 0.342 bits per heavy atom. The molecule has 2 atom stereocenters. The van der Waals surface area contributed by atoms with Crippen LogP contribution in [0.3, 0.4) is 0 Å². The Hall–Kier alpha value is -9.04. The second-order valence-electron chi connectivity index (χ2n) is 20.6. The average molecular weight is 926 g/mol. The molecule has 1 nitrogen and oxygen atoms in total. The Morgan fingerprint density at radius 2 is 0.932 bits per heavy atom. The van der Waals surface area contributed by atoms with Crippen LogP contribution in [0.4, 0.5) is 17.1 Å². The molecule has 0 amide bonds. The second kappa shape index (κ2) is 15.5.